The van der Waals surface area contributed by atoms with Crippen LogP contribution in [0.4, 0.5) is 0 Å². The largest absolute Gasteiger partial charge is 0.490 e. The highest BCUT2D eigenvalue weighted by Crippen LogP contribution is 2.37. The van der Waals surface area contributed by atoms with Crippen LogP contribution in [0.25, 0.3) is 5.57 Å². The van der Waals surface area contributed by atoms with E-state index in [0.717, 1.165) is 44.5 Å². The maximum atomic E-state index is 12.3. The maximum absolute atomic E-state index is 12.3. The van der Waals surface area contributed by atoms with Gasteiger partial charge in [0.1, 0.15) is 11.9 Å². The molecule has 5 nitrogen and oxygen atoms in total. The van der Waals surface area contributed by atoms with Gasteiger partial charge in [-0.1, -0.05) is 19.1 Å². The molecule has 6 heteroatoms. The van der Waals surface area contributed by atoms with Crippen LogP contribution in [0.15, 0.2) is 24.3 Å². The lowest BCUT2D eigenvalue weighted by Gasteiger charge is -2.33. The van der Waals surface area contributed by atoms with Gasteiger partial charge in [0.25, 0.3) is 0 Å². The molecule has 0 aromatic heterocycles. The molecule has 0 bridgehead atoms. The first-order valence-corrected chi connectivity index (χ1v) is 11.9. The van der Waals surface area contributed by atoms with Gasteiger partial charge < -0.3 is 10.1 Å². The molecule has 0 spiro atoms. The highest BCUT2D eigenvalue weighted by atomic mass is 32.2. The molecular formula is C21H30N2O3S. The molecule has 1 atom stereocenters. The highest BCUT2D eigenvalue weighted by Gasteiger charge is 2.35. The summed E-state index contributed by atoms with van der Waals surface area (Å²) in [6.45, 7) is 5.18. The number of nitrogens with zero attached hydrogens (tertiary/aromatic N) is 1. The van der Waals surface area contributed by atoms with Crippen molar-refractivity contribution in [3.05, 3.63) is 35.4 Å². The van der Waals surface area contributed by atoms with Crippen molar-refractivity contribution < 1.29 is 13.2 Å². The molecule has 4 rings (SSSR count). The molecule has 1 N–H and O–H groups in total. The standard InChI is InChI=1S/C21H30N2O3S/c1-2-13-27(24,25)23-11-7-17(8-12-23)21-15-19-14-18(3-4-20(19)26-21)16-5-9-22-10-6-16/h3-5,14,17,21-22H,2,6-13,15H2,1H3. The Hall–Kier alpha value is -1.37. The minimum absolute atomic E-state index is 0.188. The van der Waals surface area contributed by atoms with Gasteiger partial charge in [0.15, 0.2) is 0 Å². The van der Waals surface area contributed by atoms with Gasteiger partial charge in [-0.05, 0) is 67.0 Å². The molecule has 0 aliphatic carbocycles. The third kappa shape index (κ3) is 4.08. The van der Waals surface area contributed by atoms with Crippen molar-refractivity contribution >= 4 is 15.6 Å². The quantitative estimate of drug-likeness (QED) is 0.840. The maximum Gasteiger partial charge on any atom is 0.214 e. The van der Waals surface area contributed by atoms with Crippen LogP contribution < -0.4 is 10.1 Å². The van der Waals surface area contributed by atoms with Gasteiger partial charge in [0, 0.05) is 26.1 Å². The Kier molecular flexibility index (Phi) is 5.58. The number of rotatable bonds is 5. The molecule has 1 saturated heterocycles. The molecular weight excluding hydrogens is 360 g/mol. The number of piperidine rings is 1. The zero-order valence-electron chi connectivity index (χ0n) is 16.1. The highest BCUT2D eigenvalue weighted by molar-refractivity contribution is 7.89. The average molecular weight is 391 g/mol. The molecule has 1 aromatic carbocycles. The smallest absolute Gasteiger partial charge is 0.214 e. The second-order valence-electron chi connectivity index (χ2n) is 7.92. The molecule has 1 aromatic rings. The lowest BCUT2D eigenvalue weighted by Crippen LogP contribution is -2.43. The Labute approximate surface area is 162 Å². The second kappa shape index (κ2) is 7.94. The van der Waals surface area contributed by atoms with Crippen LogP contribution in [0.2, 0.25) is 0 Å². The zero-order valence-corrected chi connectivity index (χ0v) is 16.9. The fourth-order valence-corrected chi connectivity index (χ4v) is 6.08. The summed E-state index contributed by atoms with van der Waals surface area (Å²) in [7, 11) is -3.07. The van der Waals surface area contributed by atoms with Crippen molar-refractivity contribution in [3.63, 3.8) is 0 Å². The summed E-state index contributed by atoms with van der Waals surface area (Å²) in [5.74, 6) is 1.71. The molecule has 0 saturated carbocycles. The van der Waals surface area contributed by atoms with E-state index in [1.807, 2.05) is 6.92 Å². The summed E-state index contributed by atoms with van der Waals surface area (Å²) in [5.41, 5.74) is 4.05. The molecule has 27 heavy (non-hydrogen) atoms. The van der Waals surface area contributed by atoms with Crippen LogP contribution in [0.5, 0.6) is 5.75 Å². The number of nitrogens with one attached hydrogen (secondary N) is 1. The summed E-state index contributed by atoms with van der Waals surface area (Å²) in [6, 6.07) is 6.60. The first-order valence-electron chi connectivity index (χ1n) is 10.2. The van der Waals surface area contributed by atoms with Gasteiger partial charge in [-0.15, -0.1) is 0 Å². The average Bonchev–Trinajstić information content (AvgIpc) is 3.12. The Morgan fingerprint density at radius 1 is 1.26 bits per heavy atom. The molecule has 3 aliphatic rings. The van der Waals surface area contributed by atoms with E-state index in [4.69, 9.17) is 4.74 Å². The van der Waals surface area contributed by atoms with E-state index in [9.17, 15) is 8.42 Å². The van der Waals surface area contributed by atoms with E-state index in [2.05, 4.69) is 29.6 Å². The van der Waals surface area contributed by atoms with Crippen molar-refractivity contribution in [2.24, 2.45) is 5.92 Å². The van der Waals surface area contributed by atoms with Crippen LogP contribution >= 0.6 is 0 Å². The summed E-state index contributed by atoms with van der Waals surface area (Å²) < 4.78 is 32.5. The predicted octanol–water partition coefficient (Wildman–Crippen LogP) is 2.82. The zero-order chi connectivity index (χ0) is 18.9. The first kappa shape index (κ1) is 19.0. The Morgan fingerprint density at radius 2 is 2.07 bits per heavy atom. The number of fused-ring (bicyclic) bond motifs is 1. The van der Waals surface area contributed by atoms with E-state index < -0.39 is 10.0 Å². The van der Waals surface area contributed by atoms with Crippen LogP contribution in [-0.4, -0.2) is 50.8 Å². The van der Waals surface area contributed by atoms with Gasteiger partial charge >= 0.3 is 0 Å². The van der Waals surface area contributed by atoms with Gasteiger partial charge in [0.2, 0.25) is 10.0 Å². The summed E-state index contributed by atoms with van der Waals surface area (Å²) in [6.07, 6.45) is 6.96. The Morgan fingerprint density at radius 3 is 2.78 bits per heavy atom. The number of sulfonamides is 1. The number of hydrogen-bond acceptors (Lipinski definition) is 4. The summed E-state index contributed by atoms with van der Waals surface area (Å²) in [4.78, 5) is 0. The van der Waals surface area contributed by atoms with E-state index in [0.29, 0.717) is 25.4 Å². The summed E-state index contributed by atoms with van der Waals surface area (Å²) >= 11 is 0. The lowest BCUT2D eigenvalue weighted by molar-refractivity contribution is 0.116. The SMILES string of the molecule is CCCS(=O)(=O)N1CCC(C2Cc3cc(C4=CCNCC4)ccc3O2)CC1. The Bertz CT molecular complexity index is 811. The molecule has 1 unspecified atom stereocenters. The molecule has 0 radical (unpaired) electrons. The van der Waals surface area contributed by atoms with E-state index in [-0.39, 0.29) is 11.9 Å². The van der Waals surface area contributed by atoms with Crippen LogP contribution in [0.1, 0.15) is 43.7 Å². The third-order valence-electron chi connectivity index (χ3n) is 6.07. The van der Waals surface area contributed by atoms with Crippen molar-refractivity contribution in [2.45, 2.75) is 45.1 Å². The monoisotopic (exact) mass is 390 g/mol. The number of hydrogen-bond donors (Lipinski definition) is 1. The third-order valence-corrected chi connectivity index (χ3v) is 8.15. The second-order valence-corrected chi connectivity index (χ2v) is 10.0. The number of ether oxygens (including phenoxy) is 1. The first-order chi connectivity index (χ1) is 13.1. The van der Waals surface area contributed by atoms with Crippen molar-refractivity contribution in [3.8, 4) is 5.75 Å². The van der Waals surface area contributed by atoms with Crippen molar-refractivity contribution in [2.75, 3.05) is 31.9 Å². The van der Waals surface area contributed by atoms with E-state index in [1.165, 1.54) is 16.7 Å². The fraction of sp³-hybridized carbons (Fsp3) is 0.619. The number of benzene rings is 1. The van der Waals surface area contributed by atoms with Gasteiger partial charge in [-0.2, -0.15) is 0 Å². The van der Waals surface area contributed by atoms with Gasteiger partial charge in [-0.3, -0.25) is 0 Å². The topological polar surface area (TPSA) is 58.6 Å². The molecule has 148 valence electrons. The van der Waals surface area contributed by atoms with E-state index in [1.54, 1.807) is 4.31 Å². The molecule has 1 fully saturated rings. The van der Waals surface area contributed by atoms with Crippen LogP contribution in [-0.2, 0) is 16.4 Å². The van der Waals surface area contributed by atoms with Crippen molar-refractivity contribution in [1.82, 2.24) is 9.62 Å². The minimum Gasteiger partial charge on any atom is -0.490 e. The lowest BCUT2D eigenvalue weighted by atomic mass is 9.89. The molecule has 3 heterocycles. The van der Waals surface area contributed by atoms with Crippen LogP contribution in [0, 0.1) is 5.92 Å². The Balaban J connectivity index is 1.38. The van der Waals surface area contributed by atoms with Gasteiger partial charge in [0.05, 0.1) is 5.75 Å². The fourth-order valence-electron chi connectivity index (χ4n) is 4.54. The minimum atomic E-state index is -3.07. The molecule has 3 aliphatic heterocycles. The predicted molar refractivity (Wildman–Crippen MR) is 108 cm³/mol. The van der Waals surface area contributed by atoms with Crippen molar-refractivity contribution in [1.29, 1.82) is 0 Å². The van der Waals surface area contributed by atoms with Crippen LogP contribution in [0.3, 0.4) is 0 Å². The van der Waals surface area contributed by atoms with E-state index >= 15 is 0 Å². The molecule has 0 amide bonds. The normalized spacial score (nSPS) is 24.3. The van der Waals surface area contributed by atoms with Gasteiger partial charge in [-0.25, -0.2) is 12.7 Å². The summed E-state index contributed by atoms with van der Waals surface area (Å²) in [5, 5.41) is 3.36.